The van der Waals surface area contributed by atoms with E-state index >= 15 is 0 Å². The quantitative estimate of drug-likeness (QED) is 0.269. The van der Waals surface area contributed by atoms with Crippen molar-refractivity contribution in [2.75, 3.05) is 4.90 Å². The van der Waals surface area contributed by atoms with Crippen LogP contribution in [0.5, 0.6) is 0 Å². The van der Waals surface area contributed by atoms with E-state index in [0.717, 1.165) is 25.7 Å². The van der Waals surface area contributed by atoms with Crippen molar-refractivity contribution >= 4 is 28.9 Å². The van der Waals surface area contributed by atoms with Crippen LogP contribution in [0.2, 0.25) is 0 Å². The van der Waals surface area contributed by atoms with E-state index in [1.165, 1.54) is 9.58 Å². The first-order valence-electron chi connectivity index (χ1n) is 12.5. The average Bonchev–Trinajstić information content (AvgIpc) is 3.49. The first-order chi connectivity index (χ1) is 17.3. The Kier molecular flexibility index (Phi) is 7.52. The molecule has 0 saturated heterocycles. The number of hydrogen-bond donors (Lipinski definition) is 0. The number of aromatic nitrogens is 3. The van der Waals surface area contributed by atoms with Crippen LogP contribution in [0.3, 0.4) is 0 Å². The molecule has 1 aliphatic rings. The van der Waals surface area contributed by atoms with E-state index in [-0.39, 0.29) is 11.6 Å². The summed E-state index contributed by atoms with van der Waals surface area (Å²) in [5, 5.41) is 8.48. The number of rotatable bonds is 11. The minimum Gasteiger partial charge on any atom is -0.296 e. The van der Waals surface area contributed by atoms with Gasteiger partial charge >= 0.3 is 0 Å². The van der Waals surface area contributed by atoms with Crippen molar-refractivity contribution in [3.8, 4) is 5.69 Å². The monoisotopic (exact) mass is 486 g/mol. The normalized spacial score (nSPS) is 13.7. The molecule has 0 fully saturated rings. The molecule has 0 saturated carbocycles. The summed E-state index contributed by atoms with van der Waals surface area (Å²) in [5.74, 6) is -1.19. The van der Waals surface area contributed by atoms with Crippen LogP contribution in [-0.4, -0.2) is 38.3 Å². The molecule has 1 unspecified atom stereocenters. The predicted molar refractivity (Wildman–Crippen MR) is 136 cm³/mol. The lowest BCUT2D eigenvalue weighted by Gasteiger charge is -2.22. The number of fused-ring (bicyclic) bond motifs is 1. The number of anilines is 1. The van der Waals surface area contributed by atoms with E-state index < -0.39 is 17.7 Å². The molecule has 2 heterocycles. The van der Waals surface area contributed by atoms with Gasteiger partial charge in [-0.1, -0.05) is 44.0 Å². The molecule has 4 rings (SSSR count). The maximum atomic E-state index is 12.8. The highest BCUT2D eigenvalue weighted by molar-refractivity contribution is 6.52. The Morgan fingerprint density at radius 2 is 1.53 bits per heavy atom. The fourth-order valence-electron chi connectivity index (χ4n) is 4.35. The fourth-order valence-corrected chi connectivity index (χ4v) is 4.35. The third kappa shape index (κ3) is 4.89. The summed E-state index contributed by atoms with van der Waals surface area (Å²) in [5.41, 5.74) is 2.89. The molecule has 2 aromatic carbocycles. The summed E-state index contributed by atoms with van der Waals surface area (Å²) in [6.07, 6.45) is 5.84. The maximum absolute atomic E-state index is 12.8. The summed E-state index contributed by atoms with van der Waals surface area (Å²) in [6, 6.07) is 11.4. The zero-order chi connectivity index (χ0) is 25.8. The molecule has 8 nitrogen and oxygen atoms in total. The summed E-state index contributed by atoms with van der Waals surface area (Å²) < 4.78 is 1.51. The molecule has 8 heteroatoms. The number of hydrogen-bond acceptors (Lipinski definition) is 6. The van der Waals surface area contributed by atoms with Crippen molar-refractivity contribution in [1.29, 1.82) is 0 Å². The van der Waals surface area contributed by atoms with Gasteiger partial charge in [-0.05, 0) is 50.1 Å². The molecule has 0 bridgehead atoms. The zero-order valence-corrected chi connectivity index (χ0v) is 20.9. The molecule has 0 spiro atoms. The van der Waals surface area contributed by atoms with Gasteiger partial charge in [-0.3, -0.25) is 24.1 Å². The zero-order valence-electron chi connectivity index (χ0n) is 20.9. The Morgan fingerprint density at radius 3 is 2.14 bits per heavy atom. The van der Waals surface area contributed by atoms with Crippen LogP contribution in [0, 0.1) is 0 Å². The van der Waals surface area contributed by atoms with Crippen molar-refractivity contribution in [3.63, 3.8) is 0 Å². The van der Waals surface area contributed by atoms with Gasteiger partial charge < -0.3 is 0 Å². The number of amides is 1. The maximum Gasteiger partial charge on any atom is 0.300 e. The van der Waals surface area contributed by atoms with Gasteiger partial charge in [0.15, 0.2) is 11.6 Å². The summed E-state index contributed by atoms with van der Waals surface area (Å²) in [4.78, 5) is 52.2. The first kappa shape index (κ1) is 25.2. The van der Waals surface area contributed by atoms with Crippen LogP contribution in [-0.2, 0) is 4.79 Å². The van der Waals surface area contributed by atoms with Gasteiger partial charge in [0.2, 0.25) is 0 Å². The molecule has 0 N–H and O–H groups in total. The number of carbonyl (C=O) groups excluding carboxylic acids is 4. The second-order valence-electron chi connectivity index (χ2n) is 9.11. The van der Waals surface area contributed by atoms with E-state index in [9.17, 15) is 19.2 Å². The smallest absolute Gasteiger partial charge is 0.296 e. The van der Waals surface area contributed by atoms with Gasteiger partial charge in [-0.15, -0.1) is 5.10 Å². The van der Waals surface area contributed by atoms with Gasteiger partial charge in [0.1, 0.15) is 5.69 Å². The third-order valence-corrected chi connectivity index (χ3v) is 6.49. The lowest BCUT2D eigenvalue weighted by molar-refractivity contribution is -0.114. The molecule has 1 atom stereocenters. The molecular formula is C28H30N4O4. The standard InChI is InChI=1S/C28H30N4O4/c1-4-6-12-25(33)19-14-20(26(34)13-7-5-2)16-21(15-19)31-17-23(29-30-31)18(3)32-24-11-9-8-10-22(24)27(35)28(32)36/h8-11,14-18H,4-7,12-13H2,1-3H3. The van der Waals surface area contributed by atoms with Crippen molar-refractivity contribution in [2.45, 2.75) is 65.3 Å². The lowest BCUT2D eigenvalue weighted by Crippen LogP contribution is -2.32. The van der Waals surface area contributed by atoms with Crippen LogP contribution in [0.25, 0.3) is 5.69 Å². The Hall–Kier alpha value is -3.94. The lowest BCUT2D eigenvalue weighted by atomic mass is 9.98. The molecule has 1 aromatic heterocycles. The van der Waals surface area contributed by atoms with E-state index in [0.29, 0.717) is 46.6 Å². The second-order valence-corrected chi connectivity index (χ2v) is 9.11. The minimum absolute atomic E-state index is 0.0188. The number of unbranched alkanes of at least 4 members (excludes halogenated alkanes) is 2. The van der Waals surface area contributed by atoms with Gasteiger partial charge in [0.05, 0.1) is 29.2 Å². The fraction of sp³-hybridized carbons (Fsp3) is 0.357. The van der Waals surface area contributed by atoms with Crippen LogP contribution >= 0.6 is 0 Å². The van der Waals surface area contributed by atoms with Crippen molar-refractivity contribution in [2.24, 2.45) is 0 Å². The third-order valence-electron chi connectivity index (χ3n) is 6.49. The number of para-hydroxylation sites is 1. The highest BCUT2D eigenvalue weighted by Crippen LogP contribution is 2.35. The summed E-state index contributed by atoms with van der Waals surface area (Å²) in [6.45, 7) is 5.84. The highest BCUT2D eigenvalue weighted by Gasteiger charge is 2.39. The largest absolute Gasteiger partial charge is 0.300 e. The SMILES string of the molecule is CCCCC(=O)c1cc(C(=O)CCCC)cc(-n2cc(C(C)N3C(=O)C(=O)c4ccccc43)nn2)c1. The Balaban J connectivity index is 1.67. The molecule has 3 aromatic rings. The van der Waals surface area contributed by atoms with E-state index in [2.05, 4.69) is 10.3 Å². The molecular weight excluding hydrogens is 456 g/mol. The van der Waals surface area contributed by atoms with E-state index in [1.54, 1.807) is 55.6 Å². The molecule has 186 valence electrons. The van der Waals surface area contributed by atoms with Crippen LogP contribution < -0.4 is 4.90 Å². The molecule has 36 heavy (non-hydrogen) atoms. The van der Waals surface area contributed by atoms with Crippen LogP contribution in [0.4, 0.5) is 5.69 Å². The second kappa shape index (κ2) is 10.8. The summed E-state index contributed by atoms with van der Waals surface area (Å²) in [7, 11) is 0. The first-order valence-corrected chi connectivity index (χ1v) is 12.5. The van der Waals surface area contributed by atoms with Gasteiger partial charge in [0.25, 0.3) is 11.7 Å². The van der Waals surface area contributed by atoms with E-state index in [1.807, 2.05) is 13.8 Å². The van der Waals surface area contributed by atoms with E-state index in [4.69, 9.17) is 0 Å². The number of benzene rings is 2. The molecule has 0 aliphatic carbocycles. The highest BCUT2D eigenvalue weighted by atomic mass is 16.2. The Bertz CT molecular complexity index is 1290. The number of Topliss-reactive ketones (excluding diaryl/α,β-unsaturated/α-hetero) is 3. The predicted octanol–water partition coefficient (Wildman–Crippen LogP) is 5.30. The molecule has 1 amide bonds. The number of carbonyl (C=O) groups is 4. The molecule has 1 aliphatic heterocycles. The minimum atomic E-state index is -0.606. The summed E-state index contributed by atoms with van der Waals surface area (Å²) >= 11 is 0. The average molecular weight is 487 g/mol. The van der Waals surface area contributed by atoms with Crippen molar-refractivity contribution in [1.82, 2.24) is 15.0 Å². The van der Waals surface area contributed by atoms with Gasteiger partial charge in [0, 0.05) is 24.0 Å². The van der Waals surface area contributed by atoms with Crippen molar-refractivity contribution in [3.05, 3.63) is 71.0 Å². The Labute approximate surface area is 210 Å². The number of ketones is 3. The van der Waals surface area contributed by atoms with Crippen molar-refractivity contribution < 1.29 is 19.2 Å². The topological polar surface area (TPSA) is 102 Å². The van der Waals surface area contributed by atoms with Gasteiger partial charge in [-0.25, -0.2) is 4.68 Å². The Morgan fingerprint density at radius 1 is 0.917 bits per heavy atom. The van der Waals surface area contributed by atoms with Gasteiger partial charge in [-0.2, -0.15) is 0 Å². The molecule has 0 radical (unpaired) electrons. The van der Waals surface area contributed by atoms with Crippen LogP contribution in [0.1, 0.15) is 102 Å². The van der Waals surface area contributed by atoms with Crippen LogP contribution in [0.15, 0.2) is 48.7 Å². The number of nitrogens with zero attached hydrogens (tertiary/aromatic N) is 4.